The maximum atomic E-state index is 4.58. The molecule has 4 aromatic heterocycles. The van der Waals surface area contributed by atoms with Gasteiger partial charge in [0, 0.05) is 49.5 Å². The number of nitrogens with zero attached hydrogens (tertiary/aromatic N) is 3. The lowest BCUT2D eigenvalue weighted by Gasteiger charge is -2.08. The zero-order valence-electron chi connectivity index (χ0n) is 12.6. The van der Waals surface area contributed by atoms with Crippen LogP contribution in [-0.2, 0) is 0 Å². The Balaban J connectivity index is 1.97. The fourth-order valence-corrected chi connectivity index (χ4v) is 4.77. The Morgan fingerprint density at radius 1 is 0.750 bits per heavy atom. The number of thiophene rings is 1. The molecule has 4 heterocycles. The SMILES string of the molecule is c1ccc2c(c1)sc1cc3c(cc12)c1cccnc1c1nccn31. The van der Waals surface area contributed by atoms with Crippen molar-refractivity contribution in [2.75, 3.05) is 0 Å². The molecule has 6 rings (SSSR count). The van der Waals surface area contributed by atoms with E-state index >= 15 is 0 Å². The van der Waals surface area contributed by atoms with Crippen LogP contribution in [0.4, 0.5) is 0 Å². The quantitative estimate of drug-likeness (QED) is 0.350. The van der Waals surface area contributed by atoms with Gasteiger partial charge in [0.1, 0.15) is 5.52 Å². The van der Waals surface area contributed by atoms with Crippen LogP contribution in [0.5, 0.6) is 0 Å². The number of pyridine rings is 2. The second-order valence-electron chi connectivity index (χ2n) is 5.98. The summed E-state index contributed by atoms with van der Waals surface area (Å²) in [5.74, 6) is 0. The molecule has 0 atom stereocenters. The molecule has 0 aliphatic rings. The third-order valence-corrected chi connectivity index (χ3v) is 5.84. The molecule has 0 unspecified atom stereocenters. The second-order valence-corrected chi connectivity index (χ2v) is 7.07. The monoisotopic (exact) mass is 325 g/mol. The topological polar surface area (TPSA) is 30.2 Å². The van der Waals surface area contributed by atoms with Crippen molar-refractivity contribution in [1.29, 1.82) is 0 Å². The van der Waals surface area contributed by atoms with Gasteiger partial charge in [0.2, 0.25) is 0 Å². The van der Waals surface area contributed by atoms with E-state index in [0.717, 1.165) is 16.6 Å². The summed E-state index contributed by atoms with van der Waals surface area (Å²) < 4.78 is 4.78. The van der Waals surface area contributed by atoms with Gasteiger partial charge >= 0.3 is 0 Å². The highest BCUT2D eigenvalue weighted by Gasteiger charge is 2.13. The van der Waals surface area contributed by atoms with Crippen LogP contribution >= 0.6 is 11.3 Å². The maximum absolute atomic E-state index is 4.58. The van der Waals surface area contributed by atoms with E-state index in [0.29, 0.717) is 0 Å². The van der Waals surface area contributed by atoms with Crippen molar-refractivity contribution in [2.24, 2.45) is 0 Å². The van der Waals surface area contributed by atoms with Crippen molar-refractivity contribution in [2.45, 2.75) is 0 Å². The van der Waals surface area contributed by atoms with E-state index in [1.165, 1.54) is 31.1 Å². The molecule has 0 fully saturated rings. The fraction of sp³-hybridized carbons (Fsp3) is 0. The third-order valence-electron chi connectivity index (χ3n) is 4.71. The average Bonchev–Trinajstić information content (AvgIpc) is 3.25. The summed E-state index contributed by atoms with van der Waals surface area (Å²) in [7, 11) is 0. The van der Waals surface area contributed by atoms with Gasteiger partial charge in [0.15, 0.2) is 5.65 Å². The number of rotatable bonds is 0. The van der Waals surface area contributed by atoms with Crippen molar-refractivity contribution in [1.82, 2.24) is 14.4 Å². The Kier molecular flexibility index (Phi) is 2.23. The molecular weight excluding hydrogens is 314 g/mol. The molecule has 0 radical (unpaired) electrons. The largest absolute Gasteiger partial charge is 0.298 e. The van der Waals surface area contributed by atoms with Gasteiger partial charge < -0.3 is 0 Å². The van der Waals surface area contributed by atoms with Gasteiger partial charge in [-0.2, -0.15) is 0 Å². The van der Waals surface area contributed by atoms with E-state index in [-0.39, 0.29) is 0 Å². The molecule has 6 aromatic rings. The lowest BCUT2D eigenvalue weighted by atomic mass is 10.1. The normalized spacial score (nSPS) is 12.2. The first-order valence-corrected chi connectivity index (χ1v) is 8.66. The number of benzene rings is 2. The van der Waals surface area contributed by atoms with E-state index in [1.807, 2.05) is 36.0 Å². The summed E-state index contributed by atoms with van der Waals surface area (Å²) in [5.41, 5.74) is 3.05. The van der Waals surface area contributed by atoms with Gasteiger partial charge in [-0.05, 0) is 24.3 Å². The summed E-state index contributed by atoms with van der Waals surface area (Å²) in [6.45, 7) is 0. The summed E-state index contributed by atoms with van der Waals surface area (Å²) in [5, 5.41) is 5.01. The predicted octanol–water partition coefficient (Wildman–Crippen LogP) is 5.40. The molecular formula is C20H11N3S. The summed E-state index contributed by atoms with van der Waals surface area (Å²) >= 11 is 1.84. The lowest BCUT2D eigenvalue weighted by molar-refractivity contribution is 1.26. The van der Waals surface area contributed by atoms with Crippen LogP contribution in [-0.4, -0.2) is 14.4 Å². The molecule has 0 aliphatic carbocycles. The first-order valence-electron chi connectivity index (χ1n) is 7.85. The molecule has 2 aromatic carbocycles. The molecule has 24 heavy (non-hydrogen) atoms. The lowest BCUT2D eigenvalue weighted by Crippen LogP contribution is -1.91. The van der Waals surface area contributed by atoms with Crippen LogP contribution in [0.3, 0.4) is 0 Å². The van der Waals surface area contributed by atoms with E-state index < -0.39 is 0 Å². The summed E-state index contributed by atoms with van der Waals surface area (Å²) in [4.78, 5) is 9.10. The van der Waals surface area contributed by atoms with E-state index in [4.69, 9.17) is 0 Å². The number of aromatic nitrogens is 3. The van der Waals surface area contributed by atoms with Gasteiger partial charge in [-0.1, -0.05) is 24.3 Å². The van der Waals surface area contributed by atoms with E-state index in [2.05, 4.69) is 56.8 Å². The van der Waals surface area contributed by atoms with Crippen LogP contribution in [0, 0.1) is 0 Å². The zero-order chi connectivity index (χ0) is 15.7. The fourth-order valence-electron chi connectivity index (χ4n) is 3.65. The first kappa shape index (κ1) is 12.4. The van der Waals surface area contributed by atoms with E-state index in [1.54, 1.807) is 0 Å². The molecule has 0 aliphatic heterocycles. The number of imidazole rings is 1. The highest BCUT2D eigenvalue weighted by molar-refractivity contribution is 7.25. The smallest absolute Gasteiger partial charge is 0.163 e. The third kappa shape index (κ3) is 1.46. The maximum Gasteiger partial charge on any atom is 0.163 e. The number of hydrogen-bond acceptors (Lipinski definition) is 3. The first-order chi connectivity index (χ1) is 11.9. The number of hydrogen-bond donors (Lipinski definition) is 0. The van der Waals surface area contributed by atoms with Crippen LogP contribution in [0.25, 0.3) is 47.6 Å². The molecule has 0 N–H and O–H groups in total. The molecule has 0 bridgehead atoms. The Morgan fingerprint density at radius 3 is 2.67 bits per heavy atom. The van der Waals surface area contributed by atoms with Crippen LogP contribution in [0.2, 0.25) is 0 Å². The van der Waals surface area contributed by atoms with Crippen LogP contribution in [0.15, 0.2) is 67.1 Å². The molecule has 0 saturated heterocycles. The van der Waals surface area contributed by atoms with Crippen LogP contribution in [0.1, 0.15) is 0 Å². The number of fused-ring (bicyclic) bond motifs is 9. The minimum absolute atomic E-state index is 0.915. The van der Waals surface area contributed by atoms with Crippen molar-refractivity contribution in [3.8, 4) is 0 Å². The summed E-state index contributed by atoms with van der Waals surface area (Å²) in [6, 6.07) is 17.3. The van der Waals surface area contributed by atoms with Gasteiger partial charge in [-0.25, -0.2) is 4.98 Å². The average molecular weight is 325 g/mol. The van der Waals surface area contributed by atoms with E-state index in [9.17, 15) is 0 Å². The minimum atomic E-state index is 0.915. The Bertz CT molecular complexity index is 1410. The molecule has 3 nitrogen and oxygen atoms in total. The van der Waals surface area contributed by atoms with Crippen molar-refractivity contribution >= 4 is 59.0 Å². The van der Waals surface area contributed by atoms with Crippen LogP contribution < -0.4 is 0 Å². The Labute approximate surface area is 140 Å². The van der Waals surface area contributed by atoms with Gasteiger partial charge in [-0.3, -0.25) is 9.38 Å². The molecule has 4 heteroatoms. The molecule has 112 valence electrons. The Hall–Kier alpha value is -2.98. The molecule has 0 saturated carbocycles. The Morgan fingerprint density at radius 2 is 1.67 bits per heavy atom. The second kappa shape index (κ2) is 4.30. The van der Waals surface area contributed by atoms with Crippen molar-refractivity contribution in [3.63, 3.8) is 0 Å². The van der Waals surface area contributed by atoms with Gasteiger partial charge in [0.25, 0.3) is 0 Å². The minimum Gasteiger partial charge on any atom is -0.298 e. The predicted molar refractivity (Wildman–Crippen MR) is 101 cm³/mol. The molecule has 0 amide bonds. The van der Waals surface area contributed by atoms with Gasteiger partial charge in [0.05, 0.1) is 5.52 Å². The van der Waals surface area contributed by atoms with Gasteiger partial charge in [-0.15, -0.1) is 11.3 Å². The van der Waals surface area contributed by atoms with Crippen molar-refractivity contribution < 1.29 is 0 Å². The highest BCUT2D eigenvalue weighted by atomic mass is 32.1. The summed E-state index contributed by atoms with van der Waals surface area (Å²) in [6.07, 6.45) is 5.70. The zero-order valence-corrected chi connectivity index (χ0v) is 13.4. The van der Waals surface area contributed by atoms with Crippen molar-refractivity contribution in [3.05, 3.63) is 67.1 Å². The highest BCUT2D eigenvalue weighted by Crippen LogP contribution is 2.38. The standard InChI is InChI=1S/C20H11N3S/c1-2-6-17-12(4-1)15-10-14-13-5-3-7-21-19(13)20-22-8-9-23(20)16(14)11-18(15)24-17/h1-11H. The molecule has 0 spiro atoms.